The minimum atomic E-state index is 0.0115. The molecule has 1 nitrogen and oxygen atoms in total. The van der Waals surface area contributed by atoms with Crippen LogP contribution in [0.5, 0.6) is 0 Å². The fourth-order valence-corrected chi connectivity index (χ4v) is 3.65. The number of fused-ring (bicyclic) bond motifs is 1. The SMILES string of the molecule is CC(C)(C)[C@H]1CC[C@@H]2C[C@@H](O)CC[C@H]2C1. The number of aliphatic hydroxyl groups excluding tert-OH is 1. The van der Waals surface area contributed by atoms with E-state index in [9.17, 15) is 5.11 Å². The van der Waals surface area contributed by atoms with E-state index in [0.29, 0.717) is 5.41 Å². The summed E-state index contributed by atoms with van der Waals surface area (Å²) in [7, 11) is 0. The summed E-state index contributed by atoms with van der Waals surface area (Å²) in [6.45, 7) is 7.15. The van der Waals surface area contributed by atoms with Crippen LogP contribution in [-0.2, 0) is 0 Å². The molecule has 1 N–H and O–H groups in total. The Hall–Kier alpha value is -0.0400. The van der Waals surface area contributed by atoms with Gasteiger partial charge in [-0.3, -0.25) is 0 Å². The molecule has 0 aromatic heterocycles. The highest BCUT2D eigenvalue weighted by Gasteiger charge is 2.38. The van der Waals surface area contributed by atoms with Crippen LogP contribution in [0.2, 0.25) is 0 Å². The van der Waals surface area contributed by atoms with E-state index in [1.807, 2.05) is 0 Å². The van der Waals surface area contributed by atoms with Gasteiger partial charge in [0, 0.05) is 0 Å². The number of aliphatic hydroxyl groups is 1. The summed E-state index contributed by atoms with van der Waals surface area (Å²) in [6, 6.07) is 0. The molecule has 2 saturated carbocycles. The Morgan fingerprint density at radius 2 is 1.47 bits per heavy atom. The van der Waals surface area contributed by atoms with E-state index in [1.54, 1.807) is 0 Å². The van der Waals surface area contributed by atoms with Crippen LogP contribution in [0.15, 0.2) is 0 Å². The highest BCUT2D eigenvalue weighted by Crippen LogP contribution is 2.47. The molecule has 0 aromatic rings. The van der Waals surface area contributed by atoms with E-state index in [4.69, 9.17) is 0 Å². The molecule has 2 rings (SSSR count). The highest BCUT2D eigenvalue weighted by atomic mass is 16.3. The second-order valence-corrected chi connectivity index (χ2v) is 6.86. The van der Waals surface area contributed by atoms with E-state index < -0.39 is 0 Å². The maximum absolute atomic E-state index is 9.67. The molecule has 2 aliphatic rings. The quantitative estimate of drug-likeness (QED) is 0.647. The largest absolute Gasteiger partial charge is 0.393 e. The van der Waals surface area contributed by atoms with E-state index in [0.717, 1.165) is 30.6 Å². The number of hydrogen-bond donors (Lipinski definition) is 1. The summed E-state index contributed by atoms with van der Waals surface area (Å²) in [5, 5.41) is 9.67. The van der Waals surface area contributed by atoms with Crippen LogP contribution in [0.3, 0.4) is 0 Å². The summed E-state index contributed by atoms with van der Waals surface area (Å²) in [5.41, 5.74) is 0.487. The maximum Gasteiger partial charge on any atom is 0.0543 e. The van der Waals surface area contributed by atoms with Gasteiger partial charge in [0.25, 0.3) is 0 Å². The van der Waals surface area contributed by atoms with Crippen molar-refractivity contribution >= 4 is 0 Å². The lowest BCUT2D eigenvalue weighted by atomic mass is 9.61. The summed E-state index contributed by atoms with van der Waals surface area (Å²) in [4.78, 5) is 0. The van der Waals surface area contributed by atoms with Crippen molar-refractivity contribution in [1.82, 2.24) is 0 Å². The summed E-state index contributed by atoms with van der Waals surface area (Å²) >= 11 is 0. The van der Waals surface area contributed by atoms with Gasteiger partial charge in [0.1, 0.15) is 0 Å². The van der Waals surface area contributed by atoms with Crippen molar-refractivity contribution < 1.29 is 5.11 Å². The highest BCUT2D eigenvalue weighted by molar-refractivity contribution is 4.89. The number of hydrogen-bond acceptors (Lipinski definition) is 1. The van der Waals surface area contributed by atoms with Crippen LogP contribution in [0.4, 0.5) is 0 Å². The first kappa shape index (κ1) is 11.4. The van der Waals surface area contributed by atoms with Crippen molar-refractivity contribution in [2.75, 3.05) is 0 Å². The minimum Gasteiger partial charge on any atom is -0.393 e. The fourth-order valence-electron chi connectivity index (χ4n) is 3.65. The second kappa shape index (κ2) is 4.08. The third-order valence-corrected chi connectivity index (χ3v) is 4.81. The molecule has 0 radical (unpaired) electrons. The first-order valence-corrected chi connectivity index (χ1v) is 6.65. The molecule has 0 bridgehead atoms. The van der Waals surface area contributed by atoms with Crippen molar-refractivity contribution in [2.24, 2.45) is 23.2 Å². The van der Waals surface area contributed by atoms with E-state index in [-0.39, 0.29) is 6.10 Å². The van der Waals surface area contributed by atoms with Gasteiger partial charge in [-0.15, -0.1) is 0 Å². The van der Waals surface area contributed by atoms with Gasteiger partial charge in [-0.05, 0) is 61.7 Å². The Balaban J connectivity index is 1.95. The Morgan fingerprint density at radius 3 is 2.13 bits per heavy atom. The molecule has 0 amide bonds. The molecule has 0 aliphatic heterocycles. The smallest absolute Gasteiger partial charge is 0.0543 e. The molecule has 4 atom stereocenters. The van der Waals surface area contributed by atoms with Crippen molar-refractivity contribution in [3.05, 3.63) is 0 Å². The van der Waals surface area contributed by atoms with Crippen molar-refractivity contribution in [3.8, 4) is 0 Å². The van der Waals surface area contributed by atoms with Crippen molar-refractivity contribution in [3.63, 3.8) is 0 Å². The molecule has 0 heterocycles. The van der Waals surface area contributed by atoms with Gasteiger partial charge in [0.15, 0.2) is 0 Å². The lowest BCUT2D eigenvalue weighted by molar-refractivity contribution is 0.0147. The number of rotatable bonds is 0. The lowest BCUT2D eigenvalue weighted by Gasteiger charge is -2.45. The molecule has 0 unspecified atom stereocenters. The minimum absolute atomic E-state index is 0.0115. The monoisotopic (exact) mass is 210 g/mol. The first-order chi connectivity index (χ1) is 6.97. The molecule has 2 fully saturated rings. The predicted molar refractivity (Wildman–Crippen MR) is 63.6 cm³/mol. The van der Waals surface area contributed by atoms with Gasteiger partial charge >= 0.3 is 0 Å². The van der Waals surface area contributed by atoms with Gasteiger partial charge in [0.2, 0.25) is 0 Å². The molecule has 1 heteroatoms. The lowest BCUT2D eigenvalue weighted by Crippen LogP contribution is -2.36. The van der Waals surface area contributed by atoms with Crippen LogP contribution in [0.1, 0.15) is 59.3 Å². The summed E-state index contributed by atoms with van der Waals surface area (Å²) < 4.78 is 0. The summed E-state index contributed by atoms with van der Waals surface area (Å²) in [5.74, 6) is 2.67. The van der Waals surface area contributed by atoms with E-state index in [1.165, 1.54) is 25.7 Å². The van der Waals surface area contributed by atoms with Crippen molar-refractivity contribution in [1.29, 1.82) is 0 Å². The predicted octanol–water partition coefficient (Wildman–Crippen LogP) is 3.61. The van der Waals surface area contributed by atoms with Crippen LogP contribution < -0.4 is 0 Å². The normalized spacial score (nSPS) is 42.4. The average Bonchev–Trinajstić information content (AvgIpc) is 2.15. The van der Waals surface area contributed by atoms with Gasteiger partial charge < -0.3 is 5.11 Å². The van der Waals surface area contributed by atoms with Gasteiger partial charge in [0.05, 0.1) is 6.10 Å². The topological polar surface area (TPSA) is 20.2 Å². The van der Waals surface area contributed by atoms with E-state index >= 15 is 0 Å². The van der Waals surface area contributed by atoms with Crippen LogP contribution in [0.25, 0.3) is 0 Å². The van der Waals surface area contributed by atoms with E-state index in [2.05, 4.69) is 20.8 Å². The third-order valence-electron chi connectivity index (χ3n) is 4.81. The van der Waals surface area contributed by atoms with Gasteiger partial charge in [-0.1, -0.05) is 20.8 Å². The third kappa shape index (κ3) is 2.55. The van der Waals surface area contributed by atoms with Crippen molar-refractivity contribution in [2.45, 2.75) is 65.4 Å². The second-order valence-electron chi connectivity index (χ2n) is 6.86. The molecule has 2 aliphatic carbocycles. The standard InChI is InChI=1S/C14H26O/c1-14(2,3)12-6-4-11-9-13(15)7-5-10(11)8-12/h10-13,15H,4-9H2,1-3H3/t10-,11+,12-,13-/m0/s1. The fraction of sp³-hybridized carbons (Fsp3) is 1.00. The van der Waals surface area contributed by atoms with Gasteiger partial charge in [-0.25, -0.2) is 0 Å². The Morgan fingerprint density at radius 1 is 0.867 bits per heavy atom. The van der Waals surface area contributed by atoms with Crippen LogP contribution >= 0.6 is 0 Å². The summed E-state index contributed by atoms with van der Waals surface area (Å²) in [6.07, 6.45) is 7.59. The first-order valence-electron chi connectivity index (χ1n) is 6.65. The maximum atomic E-state index is 9.67. The Kier molecular flexibility index (Phi) is 3.12. The molecular formula is C14H26O. The Bertz CT molecular complexity index is 216. The van der Waals surface area contributed by atoms with Crippen LogP contribution in [-0.4, -0.2) is 11.2 Å². The zero-order valence-corrected chi connectivity index (χ0v) is 10.5. The molecule has 0 spiro atoms. The molecule has 88 valence electrons. The van der Waals surface area contributed by atoms with Gasteiger partial charge in [-0.2, -0.15) is 0 Å². The average molecular weight is 210 g/mol. The van der Waals surface area contributed by atoms with Crippen LogP contribution in [0, 0.1) is 23.2 Å². The zero-order valence-electron chi connectivity index (χ0n) is 10.5. The Labute approximate surface area is 94.3 Å². The molecular weight excluding hydrogens is 184 g/mol. The zero-order chi connectivity index (χ0) is 11.1. The molecule has 0 saturated heterocycles. The molecule has 15 heavy (non-hydrogen) atoms. The molecule has 0 aromatic carbocycles.